The number of ether oxygens (including phenoxy) is 1. The van der Waals surface area contributed by atoms with E-state index in [0.717, 1.165) is 24.9 Å². The summed E-state index contributed by atoms with van der Waals surface area (Å²) in [4.78, 5) is 2.19. The second-order valence-electron chi connectivity index (χ2n) is 5.34. The fourth-order valence-electron chi connectivity index (χ4n) is 3.36. The fourth-order valence-corrected chi connectivity index (χ4v) is 3.58. The van der Waals surface area contributed by atoms with Crippen LogP contribution < -0.4 is 4.90 Å². The predicted octanol–water partition coefficient (Wildman–Crippen LogP) is 3.71. The third kappa shape index (κ3) is 2.46. The van der Waals surface area contributed by atoms with Gasteiger partial charge in [-0.1, -0.05) is 25.0 Å². The first kappa shape index (κ1) is 13.2. The molecule has 2 atom stereocenters. The molecule has 1 heterocycles. The quantitative estimate of drug-likeness (QED) is 0.767. The van der Waals surface area contributed by atoms with Gasteiger partial charge in [0.2, 0.25) is 0 Å². The molecule has 2 aliphatic rings. The number of alkyl halides is 1. The van der Waals surface area contributed by atoms with Gasteiger partial charge in [0.25, 0.3) is 0 Å². The van der Waals surface area contributed by atoms with Crippen molar-refractivity contribution in [3.05, 3.63) is 29.6 Å². The smallest absolute Gasteiger partial charge is 0.146 e. The van der Waals surface area contributed by atoms with Crippen molar-refractivity contribution in [2.24, 2.45) is 0 Å². The van der Waals surface area contributed by atoms with Gasteiger partial charge < -0.3 is 9.64 Å². The van der Waals surface area contributed by atoms with Crippen molar-refractivity contribution in [1.29, 1.82) is 0 Å². The van der Waals surface area contributed by atoms with Gasteiger partial charge in [-0.15, -0.1) is 11.6 Å². The monoisotopic (exact) mass is 283 g/mol. The van der Waals surface area contributed by atoms with E-state index < -0.39 is 0 Å². The van der Waals surface area contributed by atoms with Crippen molar-refractivity contribution in [2.45, 2.75) is 43.7 Å². The van der Waals surface area contributed by atoms with Crippen LogP contribution in [0.15, 0.2) is 18.2 Å². The molecule has 2 fully saturated rings. The minimum atomic E-state index is -0.163. The maximum Gasteiger partial charge on any atom is 0.146 e. The minimum absolute atomic E-state index is 0.163. The zero-order chi connectivity index (χ0) is 13.2. The molecule has 0 aromatic heterocycles. The minimum Gasteiger partial charge on any atom is -0.374 e. The molecule has 1 aromatic carbocycles. The summed E-state index contributed by atoms with van der Waals surface area (Å²) in [5.74, 6) is 0.186. The van der Waals surface area contributed by atoms with Gasteiger partial charge >= 0.3 is 0 Å². The molecule has 104 valence electrons. The van der Waals surface area contributed by atoms with E-state index in [4.69, 9.17) is 16.3 Å². The SMILES string of the molecule is Fc1cccc(CCl)c1N1CCOC2CCCCC21. The number of fused-ring (bicyclic) bond motifs is 1. The van der Waals surface area contributed by atoms with Crippen LogP contribution >= 0.6 is 11.6 Å². The number of nitrogens with zero attached hydrogens (tertiary/aromatic N) is 1. The second kappa shape index (κ2) is 5.68. The fraction of sp³-hybridized carbons (Fsp3) is 0.600. The van der Waals surface area contributed by atoms with E-state index in [9.17, 15) is 4.39 Å². The van der Waals surface area contributed by atoms with Crippen molar-refractivity contribution >= 4 is 17.3 Å². The topological polar surface area (TPSA) is 12.5 Å². The lowest BCUT2D eigenvalue weighted by atomic mass is 9.89. The molecule has 1 aliphatic heterocycles. The van der Waals surface area contributed by atoms with Gasteiger partial charge in [-0.2, -0.15) is 0 Å². The van der Waals surface area contributed by atoms with Crippen molar-refractivity contribution < 1.29 is 9.13 Å². The molecule has 1 saturated carbocycles. The molecular weight excluding hydrogens is 265 g/mol. The maximum absolute atomic E-state index is 14.2. The number of benzene rings is 1. The van der Waals surface area contributed by atoms with Gasteiger partial charge in [0.1, 0.15) is 5.82 Å². The van der Waals surface area contributed by atoms with E-state index in [1.807, 2.05) is 6.07 Å². The van der Waals surface area contributed by atoms with Crippen LogP contribution in [0.5, 0.6) is 0 Å². The highest BCUT2D eigenvalue weighted by Gasteiger charge is 2.35. The van der Waals surface area contributed by atoms with Gasteiger partial charge in [-0.3, -0.25) is 0 Å². The summed E-state index contributed by atoms with van der Waals surface area (Å²) in [5.41, 5.74) is 1.57. The lowest BCUT2D eigenvalue weighted by molar-refractivity contribution is -0.00895. The Hall–Kier alpha value is -0.800. The molecule has 1 saturated heterocycles. The number of halogens is 2. The Labute approximate surface area is 118 Å². The molecule has 19 heavy (non-hydrogen) atoms. The highest BCUT2D eigenvalue weighted by atomic mass is 35.5. The Balaban J connectivity index is 1.96. The Bertz CT molecular complexity index is 452. The summed E-state index contributed by atoms with van der Waals surface area (Å²) >= 11 is 5.97. The Morgan fingerprint density at radius 3 is 3.00 bits per heavy atom. The van der Waals surface area contributed by atoms with Crippen LogP contribution in [-0.2, 0) is 10.6 Å². The zero-order valence-electron chi connectivity index (χ0n) is 10.9. The van der Waals surface area contributed by atoms with Crippen LogP contribution in [0.1, 0.15) is 31.2 Å². The van der Waals surface area contributed by atoms with Crippen molar-refractivity contribution in [2.75, 3.05) is 18.1 Å². The Kier molecular flexibility index (Phi) is 3.94. The molecule has 2 unspecified atom stereocenters. The normalized spacial score (nSPS) is 27.2. The number of hydrogen-bond acceptors (Lipinski definition) is 2. The van der Waals surface area contributed by atoms with Gasteiger partial charge in [0.15, 0.2) is 0 Å². The molecule has 0 radical (unpaired) electrons. The van der Waals surface area contributed by atoms with Crippen molar-refractivity contribution in [3.63, 3.8) is 0 Å². The summed E-state index contributed by atoms with van der Waals surface area (Å²) in [5, 5.41) is 0. The zero-order valence-corrected chi connectivity index (χ0v) is 11.7. The third-order valence-electron chi connectivity index (χ3n) is 4.23. The van der Waals surface area contributed by atoms with Crippen LogP contribution in [0.25, 0.3) is 0 Å². The summed E-state index contributed by atoms with van der Waals surface area (Å²) in [6.45, 7) is 1.43. The van der Waals surface area contributed by atoms with Crippen LogP contribution in [-0.4, -0.2) is 25.3 Å². The molecule has 0 amide bonds. The van der Waals surface area contributed by atoms with Gasteiger partial charge in [-0.05, 0) is 24.5 Å². The average molecular weight is 284 g/mol. The van der Waals surface area contributed by atoms with Crippen molar-refractivity contribution in [3.8, 4) is 0 Å². The molecule has 3 rings (SSSR count). The first-order chi connectivity index (χ1) is 9.31. The molecule has 0 spiro atoms. The molecular formula is C15H19ClFNO. The first-order valence-corrected chi connectivity index (χ1v) is 7.56. The van der Waals surface area contributed by atoms with Crippen molar-refractivity contribution in [1.82, 2.24) is 0 Å². The lowest BCUT2D eigenvalue weighted by Gasteiger charge is -2.45. The number of rotatable bonds is 2. The lowest BCUT2D eigenvalue weighted by Crippen LogP contribution is -2.53. The Morgan fingerprint density at radius 2 is 2.16 bits per heavy atom. The Morgan fingerprint density at radius 1 is 1.32 bits per heavy atom. The summed E-state index contributed by atoms with van der Waals surface area (Å²) in [6.07, 6.45) is 4.85. The third-order valence-corrected chi connectivity index (χ3v) is 4.52. The van der Waals surface area contributed by atoms with E-state index in [2.05, 4.69) is 4.90 Å². The highest BCUT2D eigenvalue weighted by Crippen LogP contribution is 2.35. The predicted molar refractivity (Wildman–Crippen MR) is 75.3 cm³/mol. The van der Waals surface area contributed by atoms with Crippen LogP contribution in [0.4, 0.5) is 10.1 Å². The number of para-hydroxylation sites is 1. The summed E-state index contributed by atoms with van der Waals surface area (Å²) < 4.78 is 20.1. The molecule has 1 aliphatic carbocycles. The first-order valence-electron chi connectivity index (χ1n) is 7.03. The van der Waals surface area contributed by atoms with E-state index >= 15 is 0 Å². The molecule has 1 aromatic rings. The van der Waals surface area contributed by atoms with E-state index in [1.165, 1.54) is 18.9 Å². The number of hydrogen-bond donors (Lipinski definition) is 0. The molecule has 0 bridgehead atoms. The van der Waals surface area contributed by atoms with E-state index in [1.54, 1.807) is 6.07 Å². The molecule has 2 nitrogen and oxygen atoms in total. The summed E-state index contributed by atoms with van der Waals surface area (Å²) in [6, 6.07) is 5.48. The van der Waals surface area contributed by atoms with Gasteiger partial charge in [0.05, 0.1) is 24.4 Å². The number of anilines is 1. The number of morpholine rings is 1. The van der Waals surface area contributed by atoms with Crippen LogP contribution in [0.2, 0.25) is 0 Å². The largest absolute Gasteiger partial charge is 0.374 e. The van der Waals surface area contributed by atoms with E-state index in [0.29, 0.717) is 24.2 Å². The van der Waals surface area contributed by atoms with Gasteiger partial charge in [-0.25, -0.2) is 4.39 Å². The molecule has 4 heteroatoms. The van der Waals surface area contributed by atoms with Crippen LogP contribution in [0.3, 0.4) is 0 Å². The standard InChI is InChI=1S/C15H19ClFNO/c16-10-11-4-3-5-12(17)15(11)18-8-9-19-14-7-2-1-6-13(14)18/h3-5,13-14H,1-2,6-10H2. The van der Waals surface area contributed by atoms with E-state index in [-0.39, 0.29) is 11.9 Å². The molecule has 0 N–H and O–H groups in total. The van der Waals surface area contributed by atoms with Crippen LogP contribution in [0, 0.1) is 5.82 Å². The second-order valence-corrected chi connectivity index (χ2v) is 5.60. The maximum atomic E-state index is 14.2. The van der Waals surface area contributed by atoms with Gasteiger partial charge in [0, 0.05) is 12.4 Å². The highest BCUT2D eigenvalue weighted by molar-refractivity contribution is 6.17. The average Bonchev–Trinajstić information content (AvgIpc) is 2.46. The summed E-state index contributed by atoms with van der Waals surface area (Å²) in [7, 11) is 0.